The van der Waals surface area contributed by atoms with Gasteiger partial charge in [0.1, 0.15) is 5.69 Å². The molecule has 0 bridgehead atoms. The highest BCUT2D eigenvalue weighted by molar-refractivity contribution is 5.85. The van der Waals surface area contributed by atoms with E-state index in [1.54, 1.807) is 0 Å². The van der Waals surface area contributed by atoms with Gasteiger partial charge < -0.3 is 10.3 Å². The van der Waals surface area contributed by atoms with Crippen LogP contribution in [-0.4, -0.2) is 5.16 Å². The summed E-state index contributed by atoms with van der Waals surface area (Å²) in [5, 5.41) is 4.82. The van der Waals surface area contributed by atoms with Gasteiger partial charge in [-0.05, 0) is 12.1 Å². The summed E-state index contributed by atoms with van der Waals surface area (Å²) < 4.78 is 5.01. The van der Waals surface area contributed by atoms with E-state index in [1.807, 2.05) is 24.3 Å². The highest BCUT2D eigenvalue weighted by Crippen LogP contribution is 2.16. The van der Waals surface area contributed by atoms with Crippen LogP contribution in [0.15, 0.2) is 28.8 Å². The van der Waals surface area contributed by atoms with Crippen molar-refractivity contribution in [2.24, 2.45) is 5.73 Å². The SMILES string of the molecule is Cl.NCc1noc2ccccc12. The quantitative estimate of drug-likeness (QED) is 0.734. The molecule has 0 aliphatic rings. The van der Waals surface area contributed by atoms with E-state index < -0.39 is 0 Å². The minimum absolute atomic E-state index is 0. The van der Waals surface area contributed by atoms with Crippen LogP contribution in [0.25, 0.3) is 11.0 Å². The molecule has 0 fully saturated rings. The predicted octanol–water partition coefficient (Wildman–Crippen LogP) is 1.71. The van der Waals surface area contributed by atoms with Gasteiger partial charge in [0, 0.05) is 11.9 Å². The number of aromatic nitrogens is 1. The van der Waals surface area contributed by atoms with Gasteiger partial charge in [-0.25, -0.2) is 0 Å². The molecule has 3 nitrogen and oxygen atoms in total. The maximum Gasteiger partial charge on any atom is 0.167 e. The van der Waals surface area contributed by atoms with Crippen molar-refractivity contribution >= 4 is 23.4 Å². The molecule has 0 amide bonds. The van der Waals surface area contributed by atoms with Crippen molar-refractivity contribution in [1.82, 2.24) is 5.16 Å². The lowest BCUT2D eigenvalue weighted by atomic mass is 10.2. The molecule has 0 unspecified atom stereocenters. The molecule has 2 aromatic rings. The van der Waals surface area contributed by atoms with Gasteiger partial charge in [-0.2, -0.15) is 0 Å². The second-order valence-electron chi connectivity index (χ2n) is 2.33. The van der Waals surface area contributed by atoms with E-state index in [0.717, 1.165) is 16.7 Å². The van der Waals surface area contributed by atoms with Crippen molar-refractivity contribution in [3.63, 3.8) is 0 Å². The highest BCUT2D eigenvalue weighted by atomic mass is 35.5. The Morgan fingerprint density at radius 2 is 2.08 bits per heavy atom. The van der Waals surface area contributed by atoms with Crippen LogP contribution in [0.1, 0.15) is 5.69 Å². The van der Waals surface area contributed by atoms with Gasteiger partial charge in [0.05, 0.1) is 0 Å². The molecule has 0 aliphatic heterocycles. The number of nitrogens with two attached hydrogens (primary N) is 1. The molecule has 0 saturated heterocycles. The molecular weight excluding hydrogens is 176 g/mol. The largest absolute Gasteiger partial charge is 0.356 e. The molecule has 0 radical (unpaired) electrons. The third kappa shape index (κ3) is 1.29. The Hall–Kier alpha value is -1.06. The summed E-state index contributed by atoms with van der Waals surface area (Å²) in [5.74, 6) is 0. The number of nitrogens with zero attached hydrogens (tertiary/aromatic N) is 1. The molecule has 1 heterocycles. The molecule has 0 aliphatic carbocycles. The summed E-state index contributed by atoms with van der Waals surface area (Å²) in [4.78, 5) is 0. The lowest BCUT2D eigenvalue weighted by Gasteiger charge is -1.86. The van der Waals surface area contributed by atoms with Crippen LogP contribution in [0.2, 0.25) is 0 Å². The summed E-state index contributed by atoms with van der Waals surface area (Å²) >= 11 is 0. The lowest BCUT2D eigenvalue weighted by Crippen LogP contribution is -1.95. The van der Waals surface area contributed by atoms with E-state index in [2.05, 4.69) is 5.16 Å². The molecule has 1 aromatic heterocycles. The summed E-state index contributed by atoms with van der Waals surface area (Å²) in [6, 6.07) is 7.68. The third-order valence-corrected chi connectivity index (χ3v) is 1.65. The smallest absolute Gasteiger partial charge is 0.167 e. The Kier molecular flexibility index (Phi) is 2.68. The van der Waals surface area contributed by atoms with Crippen molar-refractivity contribution < 1.29 is 4.52 Å². The normalized spacial score (nSPS) is 9.75. The Morgan fingerprint density at radius 3 is 2.83 bits per heavy atom. The van der Waals surface area contributed by atoms with Crippen LogP contribution >= 0.6 is 12.4 Å². The maximum atomic E-state index is 5.44. The number of halogens is 1. The van der Waals surface area contributed by atoms with E-state index in [4.69, 9.17) is 10.3 Å². The number of rotatable bonds is 1. The molecule has 1 aromatic carbocycles. The van der Waals surface area contributed by atoms with E-state index in [0.29, 0.717) is 6.54 Å². The molecule has 2 rings (SSSR count). The standard InChI is InChI=1S/C8H8N2O.ClH/c9-5-7-6-3-1-2-4-8(6)11-10-7;/h1-4H,5,9H2;1H. The van der Waals surface area contributed by atoms with Crippen LogP contribution in [0, 0.1) is 0 Å². The van der Waals surface area contributed by atoms with Gasteiger partial charge >= 0.3 is 0 Å². The van der Waals surface area contributed by atoms with Crippen molar-refractivity contribution in [1.29, 1.82) is 0 Å². The number of hydrogen-bond acceptors (Lipinski definition) is 3. The van der Waals surface area contributed by atoms with Crippen LogP contribution in [-0.2, 0) is 6.54 Å². The minimum atomic E-state index is 0. The van der Waals surface area contributed by atoms with Crippen LogP contribution in [0.5, 0.6) is 0 Å². The zero-order valence-electron chi connectivity index (χ0n) is 6.36. The fourth-order valence-electron chi connectivity index (χ4n) is 1.09. The molecule has 12 heavy (non-hydrogen) atoms. The number of para-hydroxylation sites is 1. The first-order valence-electron chi connectivity index (χ1n) is 3.45. The lowest BCUT2D eigenvalue weighted by molar-refractivity contribution is 0.446. The van der Waals surface area contributed by atoms with Crippen molar-refractivity contribution in [2.75, 3.05) is 0 Å². The predicted molar refractivity (Wildman–Crippen MR) is 49.1 cm³/mol. The monoisotopic (exact) mass is 184 g/mol. The van der Waals surface area contributed by atoms with E-state index >= 15 is 0 Å². The number of hydrogen-bond donors (Lipinski definition) is 1. The third-order valence-electron chi connectivity index (χ3n) is 1.65. The molecular formula is C8H9ClN2O. The van der Waals surface area contributed by atoms with Crippen molar-refractivity contribution in [2.45, 2.75) is 6.54 Å². The Bertz CT molecular complexity index is 372. The Morgan fingerprint density at radius 1 is 1.33 bits per heavy atom. The fraction of sp³-hybridized carbons (Fsp3) is 0.125. The average Bonchev–Trinajstić information content (AvgIpc) is 2.47. The van der Waals surface area contributed by atoms with E-state index in [9.17, 15) is 0 Å². The van der Waals surface area contributed by atoms with Crippen LogP contribution in [0.4, 0.5) is 0 Å². The topological polar surface area (TPSA) is 52.0 Å². The second kappa shape index (κ2) is 3.56. The Balaban J connectivity index is 0.000000720. The van der Waals surface area contributed by atoms with Gasteiger partial charge in [-0.3, -0.25) is 0 Å². The number of fused-ring (bicyclic) bond motifs is 1. The molecule has 4 heteroatoms. The van der Waals surface area contributed by atoms with E-state index in [1.165, 1.54) is 0 Å². The van der Waals surface area contributed by atoms with Gasteiger partial charge in [0.15, 0.2) is 5.58 Å². The first kappa shape index (κ1) is 9.03. The molecule has 64 valence electrons. The summed E-state index contributed by atoms with van der Waals surface area (Å²) in [5.41, 5.74) is 7.06. The average molecular weight is 185 g/mol. The van der Waals surface area contributed by atoms with Gasteiger partial charge in [0.2, 0.25) is 0 Å². The van der Waals surface area contributed by atoms with Crippen LogP contribution < -0.4 is 5.73 Å². The van der Waals surface area contributed by atoms with Gasteiger partial charge in [-0.15, -0.1) is 12.4 Å². The summed E-state index contributed by atoms with van der Waals surface area (Å²) in [7, 11) is 0. The number of benzene rings is 1. The first-order chi connectivity index (χ1) is 5.42. The second-order valence-corrected chi connectivity index (χ2v) is 2.33. The fourth-order valence-corrected chi connectivity index (χ4v) is 1.09. The minimum Gasteiger partial charge on any atom is -0.356 e. The summed E-state index contributed by atoms with van der Waals surface area (Å²) in [6.07, 6.45) is 0. The zero-order valence-corrected chi connectivity index (χ0v) is 7.17. The molecule has 0 spiro atoms. The molecule has 0 saturated carbocycles. The van der Waals surface area contributed by atoms with Crippen molar-refractivity contribution in [3.8, 4) is 0 Å². The molecule has 0 atom stereocenters. The molecule has 2 N–H and O–H groups in total. The van der Waals surface area contributed by atoms with E-state index in [-0.39, 0.29) is 12.4 Å². The Labute approximate surface area is 75.9 Å². The van der Waals surface area contributed by atoms with Crippen LogP contribution in [0.3, 0.4) is 0 Å². The maximum absolute atomic E-state index is 5.44. The van der Waals surface area contributed by atoms with Crippen molar-refractivity contribution in [3.05, 3.63) is 30.0 Å². The first-order valence-corrected chi connectivity index (χ1v) is 3.45. The zero-order chi connectivity index (χ0) is 7.68. The van der Waals surface area contributed by atoms with Gasteiger partial charge in [-0.1, -0.05) is 17.3 Å². The van der Waals surface area contributed by atoms with Gasteiger partial charge in [0.25, 0.3) is 0 Å². The highest BCUT2D eigenvalue weighted by Gasteiger charge is 2.03. The summed E-state index contributed by atoms with van der Waals surface area (Å²) in [6.45, 7) is 0.428.